The highest BCUT2D eigenvalue weighted by molar-refractivity contribution is 5.83. The van der Waals surface area contributed by atoms with Gasteiger partial charge in [-0.1, -0.05) is 18.2 Å². The second kappa shape index (κ2) is 3.36. The van der Waals surface area contributed by atoms with Crippen LogP contribution < -0.4 is 0 Å². The number of hydrogen-bond donors (Lipinski definition) is 1. The number of nitrogens with zero attached hydrogens (tertiary/aromatic N) is 1. The Hall–Kier alpha value is -1.28. The smallest absolute Gasteiger partial charge is 0.0510 e. The maximum Gasteiger partial charge on any atom is 0.0510 e. The van der Waals surface area contributed by atoms with Crippen molar-refractivity contribution in [2.45, 2.75) is 19.3 Å². The first kappa shape index (κ1) is 9.91. The molecule has 2 nitrogen and oxygen atoms in total. The van der Waals surface area contributed by atoms with E-state index in [1.165, 1.54) is 29.3 Å². The number of para-hydroxylation sites is 1. The fourth-order valence-electron chi connectivity index (χ4n) is 2.56. The third-order valence-corrected chi connectivity index (χ3v) is 3.84. The lowest BCUT2D eigenvalue weighted by atomic mass is 9.96. The first-order chi connectivity index (χ1) is 7.74. The van der Waals surface area contributed by atoms with Crippen LogP contribution in [-0.2, 0) is 13.5 Å². The standard InChI is InChI=1S/C14H17NO/c1-15-8-5-11-3-2-4-12(13(11)15)9-14(10-16)6-7-14/h2-5,8,16H,6-7,9-10H2,1H3. The van der Waals surface area contributed by atoms with Gasteiger partial charge in [-0.05, 0) is 41.7 Å². The Kier molecular flexibility index (Phi) is 2.08. The van der Waals surface area contributed by atoms with Crippen LogP contribution in [0.25, 0.3) is 10.9 Å². The fourth-order valence-corrected chi connectivity index (χ4v) is 2.56. The lowest BCUT2D eigenvalue weighted by Crippen LogP contribution is -2.10. The van der Waals surface area contributed by atoms with Crippen molar-refractivity contribution in [3.05, 3.63) is 36.0 Å². The molecule has 1 aromatic carbocycles. The number of hydrogen-bond acceptors (Lipinski definition) is 1. The minimum Gasteiger partial charge on any atom is -0.396 e. The van der Waals surface area contributed by atoms with E-state index >= 15 is 0 Å². The van der Waals surface area contributed by atoms with Crippen molar-refractivity contribution in [1.29, 1.82) is 0 Å². The number of aliphatic hydroxyl groups excluding tert-OH is 1. The fraction of sp³-hybridized carbons (Fsp3) is 0.429. The number of rotatable bonds is 3. The van der Waals surface area contributed by atoms with Crippen LogP contribution in [0.5, 0.6) is 0 Å². The second-order valence-corrected chi connectivity index (χ2v) is 5.12. The largest absolute Gasteiger partial charge is 0.396 e. The van der Waals surface area contributed by atoms with Crippen LogP contribution in [0, 0.1) is 5.41 Å². The van der Waals surface area contributed by atoms with Gasteiger partial charge in [-0.2, -0.15) is 0 Å². The molecule has 0 aliphatic heterocycles. The van der Waals surface area contributed by atoms with Crippen LogP contribution in [0.2, 0.25) is 0 Å². The highest BCUT2D eigenvalue weighted by Gasteiger charge is 2.42. The van der Waals surface area contributed by atoms with Crippen molar-refractivity contribution in [3.8, 4) is 0 Å². The van der Waals surface area contributed by atoms with Gasteiger partial charge in [0.2, 0.25) is 0 Å². The lowest BCUT2D eigenvalue weighted by molar-refractivity contribution is 0.211. The van der Waals surface area contributed by atoms with Crippen LogP contribution >= 0.6 is 0 Å². The number of aliphatic hydroxyl groups is 1. The number of benzene rings is 1. The van der Waals surface area contributed by atoms with Gasteiger partial charge in [-0.3, -0.25) is 0 Å². The molecule has 1 aliphatic carbocycles. The van der Waals surface area contributed by atoms with E-state index in [0.717, 1.165) is 6.42 Å². The monoisotopic (exact) mass is 215 g/mol. The normalized spacial score (nSPS) is 17.9. The Morgan fingerprint density at radius 2 is 2.12 bits per heavy atom. The predicted octanol–water partition coefficient (Wildman–Crippen LogP) is 2.49. The van der Waals surface area contributed by atoms with E-state index in [2.05, 4.69) is 42.1 Å². The van der Waals surface area contributed by atoms with Crippen LogP contribution in [0.1, 0.15) is 18.4 Å². The van der Waals surface area contributed by atoms with Gasteiger partial charge in [-0.25, -0.2) is 0 Å². The van der Waals surface area contributed by atoms with Gasteiger partial charge in [0.15, 0.2) is 0 Å². The average Bonchev–Trinajstić information content (AvgIpc) is 2.97. The third kappa shape index (κ3) is 1.45. The minimum atomic E-state index is 0.193. The van der Waals surface area contributed by atoms with Crippen LogP contribution in [0.15, 0.2) is 30.5 Å². The molecule has 0 spiro atoms. The molecule has 2 heteroatoms. The van der Waals surface area contributed by atoms with E-state index in [1.807, 2.05) is 0 Å². The van der Waals surface area contributed by atoms with Crippen molar-refractivity contribution >= 4 is 10.9 Å². The summed E-state index contributed by atoms with van der Waals surface area (Å²) in [5, 5.41) is 10.7. The molecule has 0 saturated heterocycles. The molecule has 0 amide bonds. The summed E-state index contributed by atoms with van der Waals surface area (Å²) in [4.78, 5) is 0. The molecule has 0 unspecified atom stereocenters. The molecule has 1 saturated carbocycles. The number of aryl methyl sites for hydroxylation is 1. The molecular weight excluding hydrogens is 198 g/mol. The second-order valence-electron chi connectivity index (χ2n) is 5.12. The summed E-state index contributed by atoms with van der Waals surface area (Å²) in [5.41, 5.74) is 2.89. The molecule has 3 rings (SSSR count). The van der Waals surface area contributed by atoms with E-state index in [-0.39, 0.29) is 5.41 Å². The molecule has 1 heterocycles. The summed E-state index contributed by atoms with van der Waals surface area (Å²) in [6.07, 6.45) is 5.46. The Morgan fingerprint density at radius 1 is 1.31 bits per heavy atom. The van der Waals surface area contributed by atoms with Gasteiger partial charge in [0.25, 0.3) is 0 Å². The zero-order valence-electron chi connectivity index (χ0n) is 9.61. The molecule has 2 aromatic rings. The van der Waals surface area contributed by atoms with Crippen molar-refractivity contribution in [2.75, 3.05) is 6.61 Å². The van der Waals surface area contributed by atoms with E-state index in [0.29, 0.717) is 6.61 Å². The average molecular weight is 215 g/mol. The number of aromatic nitrogens is 1. The van der Waals surface area contributed by atoms with Gasteiger partial charge in [0.05, 0.1) is 5.52 Å². The van der Waals surface area contributed by atoms with Gasteiger partial charge in [-0.15, -0.1) is 0 Å². The van der Waals surface area contributed by atoms with E-state index < -0.39 is 0 Å². The quantitative estimate of drug-likeness (QED) is 0.836. The molecule has 16 heavy (non-hydrogen) atoms. The summed E-state index contributed by atoms with van der Waals surface area (Å²) >= 11 is 0. The van der Waals surface area contributed by atoms with Crippen LogP contribution in [-0.4, -0.2) is 16.3 Å². The molecule has 1 aromatic heterocycles. The first-order valence-electron chi connectivity index (χ1n) is 5.88. The zero-order valence-corrected chi connectivity index (χ0v) is 9.61. The summed E-state index contributed by atoms with van der Waals surface area (Å²) in [6.45, 7) is 0.327. The van der Waals surface area contributed by atoms with Crippen molar-refractivity contribution in [2.24, 2.45) is 12.5 Å². The van der Waals surface area contributed by atoms with E-state index in [1.54, 1.807) is 0 Å². The van der Waals surface area contributed by atoms with Gasteiger partial charge in [0, 0.05) is 19.9 Å². The van der Waals surface area contributed by atoms with Crippen LogP contribution in [0.4, 0.5) is 0 Å². The summed E-state index contributed by atoms with van der Waals surface area (Å²) in [5.74, 6) is 0. The maximum atomic E-state index is 9.40. The van der Waals surface area contributed by atoms with Crippen molar-refractivity contribution < 1.29 is 5.11 Å². The Bertz CT molecular complexity index is 523. The van der Waals surface area contributed by atoms with Gasteiger partial charge < -0.3 is 9.67 Å². The molecular formula is C14H17NO. The SMILES string of the molecule is Cn1ccc2cccc(CC3(CO)CC3)c21. The van der Waals surface area contributed by atoms with Gasteiger partial charge >= 0.3 is 0 Å². The third-order valence-electron chi connectivity index (χ3n) is 3.84. The Labute approximate surface area is 95.5 Å². The topological polar surface area (TPSA) is 25.2 Å². The number of fused-ring (bicyclic) bond motifs is 1. The van der Waals surface area contributed by atoms with Crippen molar-refractivity contribution in [1.82, 2.24) is 4.57 Å². The first-order valence-corrected chi connectivity index (χ1v) is 5.88. The maximum absolute atomic E-state index is 9.40. The van der Waals surface area contributed by atoms with E-state index in [4.69, 9.17) is 0 Å². The zero-order chi connectivity index (χ0) is 11.2. The molecule has 0 bridgehead atoms. The molecule has 0 radical (unpaired) electrons. The molecule has 1 aliphatic rings. The summed E-state index contributed by atoms with van der Waals surface area (Å²) in [6, 6.07) is 8.61. The Morgan fingerprint density at radius 3 is 2.81 bits per heavy atom. The molecule has 1 fully saturated rings. The lowest BCUT2D eigenvalue weighted by Gasteiger charge is -2.13. The van der Waals surface area contributed by atoms with E-state index in [9.17, 15) is 5.11 Å². The molecule has 84 valence electrons. The Balaban J connectivity index is 2.06. The minimum absolute atomic E-state index is 0.193. The molecule has 1 N–H and O–H groups in total. The van der Waals surface area contributed by atoms with Gasteiger partial charge in [0.1, 0.15) is 0 Å². The summed E-state index contributed by atoms with van der Waals surface area (Å²) < 4.78 is 2.18. The summed E-state index contributed by atoms with van der Waals surface area (Å²) in [7, 11) is 2.09. The predicted molar refractivity (Wildman–Crippen MR) is 65.4 cm³/mol. The molecule has 0 atom stereocenters. The van der Waals surface area contributed by atoms with Crippen LogP contribution in [0.3, 0.4) is 0 Å². The highest BCUT2D eigenvalue weighted by Crippen LogP contribution is 2.48. The van der Waals surface area contributed by atoms with Crippen molar-refractivity contribution in [3.63, 3.8) is 0 Å². The highest BCUT2D eigenvalue weighted by atomic mass is 16.3.